The molecule has 28 heavy (non-hydrogen) atoms. The molecular weight excluding hydrogens is 354 g/mol. The summed E-state index contributed by atoms with van der Waals surface area (Å²) in [6.07, 6.45) is 8.14. The van der Waals surface area contributed by atoms with Gasteiger partial charge in [-0.3, -0.25) is 19.6 Å². The van der Waals surface area contributed by atoms with Crippen LogP contribution in [0, 0.1) is 0 Å². The number of carbonyl (C=O) groups excluding carboxylic acids is 2. The van der Waals surface area contributed by atoms with Gasteiger partial charge < -0.3 is 10.5 Å². The molecular formula is C22H19N3O3. The summed E-state index contributed by atoms with van der Waals surface area (Å²) >= 11 is 0. The van der Waals surface area contributed by atoms with Gasteiger partial charge in [0.25, 0.3) is 0 Å². The summed E-state index contributed by atoms with van der Waals surface area (Å²) in [5.74, 6) is 0.0188. The van der Waals surface area contributed by atoms with Crippen LogP contribution in [0.25, 0.3) is 0 Å². The zero-order valence-corrected chi connectivity index (χ0v) is 15.2. The number of aryl methyl sites for hydroxylation is 1. The van der Waals surface area contributed by atoms with E-state index in [2.05, 4.69) is 16.0 Å². The van der Waals surface area contributed by atoms with E-state index in [1.54, 1.807) is 36.8 Å². The topological polar surface area (TPSA) is 95.2 Å². The van der Waals surface area contributed by atoms with Crippen molar-refractivity contribution in [3.05, 3.63) is 89.0 Å². The van der Waals surface area contributed by atoms with Crippen molar-refractivity contribution in [3.8, 4) is 5.75 Å². The van der Waals surface area contributed by atoms with E-state index in [0.29, 0.717) is 23.3 Å². The molecule has 6 heteroatoms. The smallest absolute Gasteiger partial charge is 0.250 e. The number of Topliss-reactive ketones (excluding diaryl/α,β-unsaturated/α-hetero) is 1. The van der Waals surface area contributed by atoms with Crippen LogP contribution < -0.4 is 10.5 Å². The van der Waals surface area contributed by atoms with Crippen molar-refractivity contribution < 1.29 is 14.3 Å². The Balaban J connectivity index is 1.53. The number of ketones is 1. The lowest BCUT2D eigenvalue weighted by molar-refractivity contribution is 0.0987. The van der Waals surface area contributed by atoms with Crippen molar-refractivity contribution in [2.75, 3.05) is 0 Å². The fourth-order valence-corrected chi connectivity index (χ4v) is 3.45. The van der Waals surface area contributed by atoms with Gasteiger partial charge >= 0.3 is 0 Å². The van der Waals surface area contributed by atoms with Gasteiger partial charge in [-0.2, -0.15) is 0 Å². The van der Waals surface area contributed by atoms with Crippen LogP contribution in [0.2, 0.25) is 0 Å². The Morgan fingerprint density at radius 3 is 2.64 bits per heavy atom. The van der Waals surface area contributed by atoms with E-state index in [1.807, 2.05) is 12.1 Å². The van der Waals surface area contributed by atoms with E-state index < -0.39 is 5.91 Å². The molecule has 4 rings (SSSR count). The van der Waals surface area contributed by atoms with Gasteiger partial charge in [0.2, 0.25) is 5.91 Å². The van der Waals surface area contributed by atoms with E-state index in [1.165, 1.54) is 11.8 Å². The number of nitrogens with two attached hydrogens (primary N) is 1. The second-order valence-electron chi connectivity index (χ2n) is 6.79. The molecule has 0 spiro atoms. The van der Waals surface area contributed by atoms with Gasteiger partial charge in [-0.25, -0.2) is 0 Å². The van der Waals surface area contributed by atoms with Crippen molar-refractivity contribution in [2.24, 2.45) is 5.73 Å². The van der Waals surface area contributed by atoms with Crippen LogP contribution >= 0.6 is 0 Å². The van der Waals surface area contributed by atoms with Gasteiger partial charge in [0.05, 0.1) is 11.8 Å². The fourth-order valence-electron chi connectivity index (χ4n) is 3.45. The molecule has 0 fully saturated rings. The third kappa shape index (κ3) is 3.76. The number of hydrogen-bond donors (Lipinski definition) is 1. The maximum absolute atomic E-state index is 12.5. The van der Waals surface area contributed by atoms with Crippen LogP contribution in [-0.2, 0) is 12.8 Å². The molecule has 1 atom stereocenters. The lowest BCUT2D eigenvalue weighted by Gasteiger charge is -2.16. The molecule has 6 nitrogen and oxygen atoms in total. The minimum Gasteiger partial charge on any atom is -0.484 e. The van der Waals surface area contributed by atoms with Crippen LogP contribution in [0.15, 0.2) is 61.2 Å². The molecule has 3 aromatic rings. The summed E-state index contributed by atoms with van der Waals surface area (Å²) in [5, 5.41) is 0. The fraction of sp³-hybridized carbons (Fsp3) is 0.182. The van der Waals surface area contributed by atoms with Gasteiger partial charge in [0.1, 0.15) is 11.9 Å². The number of carbonyl (C=O) groups is 2. The third-order valence-electron chi connectivity index (χ3n) is 4.88. The highest BCUT2D eigenvalue weighted by atomic mass is 16.5. The number of aromatic nitrogens is 2. The largest absolute Gasteiger partial charge is 0.484 e. The first-order valence-electron chi connectivity index (χ1n) is 9.06. The molecule has 2 aromatic heterocycles. The van der Waals surface area contributed by atoms with E-state index in [4.69, 9.17) is 10.5 Å². The first kappa shape index (κ1) is 17.9. The number of nitrogens with zero attached hydrogens (tertiary/aromatic N) is 2. The predicted octanol–water partition coefficient (Wildman–Crippen LogP) is 3.07. The second-order valence-corrected chi connectivity index (χ2v) is 6.79. The van der Waals surface area contributed by atoms with Gasteiger partial charge in [-0.05, 0) is 47.7 Å². The predicted molar refractivity (Wildman–Crippen MR) is 103 cm³/mol. The molecule has 1 aliphatic carbocycles. The number of amides is 1. The lowest BCUT2D eigenvalue weighted by Crippen LogP contribution is -2.12. The minimum atomic E-state index is -0.540. The normalized spacial score (nSPS) is 15.1. The number of benzene rings is 1. The second kappa shape index (κ2) is 7.60. The van der Waals surface area contributed by atoms with E-state index in [9.17, 15) is 9.59 Å². The zero-order valence-electron chi connectivity index (χ0n) is 15.2. The van der Waals surface area contributed by atoms with Crippen molar-refractivity contribution >= 4 is 11.7 Å². The Morgan fingerprint density at radius 2 is 1.86 bits per heavy atom. The monoisotopic (exact) mass is 373 g/mol. The summed E-state index contributed by atoms with van der Waals surface area (Å²) in [4.78, 5) is 31.8. The maximum atomic E-state index is 12.5. The molecule has 0 saturated carbocycles. The molecule has 1 amide bonds. The Bertz CT molecular complexity index is 1030. The van der Waals surface area contributed by atoms with Gasteiger partial charge in [0.15, 0.2) is 5.78 Å². The first-order valence-corrected chi connectivity index (χ1v) is 9.06. The molecule has 0 saturated heterocycles. The summed E-state index contributed by atoms with van der Waals surface area (Å²) < 4.78 is 6.07. The SMILES string of the molecule is NC(=O)c1cncc(OC2CCc3ccc(CC(=O)c4ccncc4)cc32)c1. The number of hydrogen-bond acceptors (Lipinski definition) is 5. The van der Waals surface area contributed by atoms with Crippen LogP contribution in [0.4, 0.5) is 0 Å². The molecule has 2 heterocycles. The quantitative estimate of drug-likeness (QED) is 0.670. The lowest BCUT2D eigenvalue weighted by atomic mass is 9.99. The van der Waals surface area contributed by atoms with Crippen LogP contribution in [0.3, 0.4) is 0 Å². The van der Waals surface area contributed by atoms with Gasteiger partial charge in [-0.15, -0.1) is 0 Å². The Morgan fingerprint density at radius 1 is 1.04 bits per heavy atom. The van der Waals surface area contributed by atoms with Gasteiger partial charge in [-0.1, -0.05) is 18.2 Å². The van der Waals surface area contributed by atoms with Crippen LogP contribution in [0.5, 0.6) is 5.75 Å². The molecule has 2 N–H and O–H groups in total. The highest BCUT2D eigenvalue weighted by Gasteiger charge is 2.25. The molecule has 0 bridgehead atoms. The molecule has 140 valence electrons. The van der Waals surface area contributed by atoms with Crippen LogP contribution in [0.1, 0.15) is 49.9 Å². The highest BCUT2D eigenvalue weighted by Crippen LogP contribution is 2.35. The van der Waals surface area contributed by atoms with Crippen molar-refractivity contribution in [2.45, 2.75) is 25.4 Å². The Kier molecular flexibility index (Phi) is 4.85. The third-order valence-corrected chi connectivity index (χ3v) is 4.88. The van der Waals surface area contributed by atoms with Crippen LogP contribution in [-0.4, -0.2) is 21.7 Å². The highest BCUT2D eigenvalue weighted by molar-refractivity contribution is 5.97. The van der Waals surface area contributed by atoms with Crippen molar-refractivity contribution in [1.82, 2.24) is 9.97 Å². The molecule has 1 unspecified atom stereocenters. The number of pyridine rings is 2. The van der Waals surface area contributed by atoms with E-state index in [0.717, 1.165) is 24.0 Å². The summed E-state index contributed by atoms with van der Waals surface area (Å²) in [5.41, 5.74) is 9.50. The molecule has 1 aliphatic rings. The summed E-state index contributed by atoms with van der Waals surface area (Å²) in [6, 6.07) is 11.1. The maximum Gasteiger partial charge on any atom is 0.250 e. The summed E-state index contributed by atoms with van der Waals surface area (Å²) in [6.45, 7) is 0. The average molecular weight is 373 g/mol. The number of ether oxygens (including phenoxy) is 1. The molecule has 0 radical (unpaired) electrons. The van der Waals surface area contributed by atoms with E-state index >= 15 is 0 Å². The minimum absolute atomic E-state index is 0.0520. The Labute approximate surface area is 162 Å². The molecule has 1 aromatic carbocycles. The molecule has 0 aliphatic heterocycles. The van der Waals surface area contributed by atoms with Gasteiger partial charge in [0, 0.05) is 30.6 Å². The van der Waals surface area contributed by atoms with E-state index in [-0.39, 0.29) is 11.9 Å². The Hall–Kier alpha value is -3.54. The number of rotatable bonds is 6. The van der Waals surface area contributed by atoms with Crippen molar-refractivity contribution in [1.29, 1.82) is 0 Å². The average Bonchev–Trinajstić information content (AvgIpc) is 3.11. The number of primary amides is 1. The standard InChI is InChI=1S/C22H19N3O3/c23-22(27)17-11-18(13-25-12-17)28-21-4-3-15-2-1-14(9-19(15)21)10-20(26)16-5-7-24-8-6-16/h1-2,5-9,11-13,21H,3-4,10H2,(H2,23,27). The summed E-state index contributed by atoms with van der Waals surface area (Å²) in [7, 11) is 0. The van der Waals surface area contributed by atoms with Crippen molar-refractivity contribution in [3.63, 3.8) is 0 Å². The first-order chi connectivity index (χ1) is 13.6. The zero-order chi connectivity index (χ0) is 19.5. The number of fused-ring (bicyclic) bond motifs is 1.